The van der Waals surface area contributed by atoms with Gasteiger partial charge in [-0.1, -0.05) is 5.16 Å². The van der Waals surface area contributed by atoms with Gasteiger partial charge in [0.15, 0.2) is 0 Å². The van der Waals surface area contributed by atoms with E-state index >= 15 is 0 Å². The third-order valence-electron chi connectivity index (χ3n) is 5.32. The zero-order chi connectivity index (χ0) is 28.6. The van der Waals surface area contributed by atoms with Gasteiger partial charge >= 0.3 is 24.3 Å². The summed E-state index contributed by atoms with van der Waals surface area (Å²) in [5, 5.41) is 21.6. The van der Waals surface area contributed by atoms with Gasteiger partial charge in [0.25, 0.3) is 0 Å². The molecule has 2 aromatic rings. The molecule has 0 radical (unpaired) electrons. The van der Waals surface area contributed by atoms with Crippen LogP contribution >= 0.6 is 0 Å². The first-order chi connectivity index (χ1) is 17.6. The van der Waals surface area contributed by atoms with E-state index in [1.54, 1.807) is 12.4 Å². The second kappa shape index (κ2) is 12.9. The topological polar surface area (TPSA) is 151 Å². The molecule has 0 aromatic carbocycles. The summed E-state index contributed by atoms with van der Waals surface area (Å²) in [5.74, 6) is -3.44. The molecular formula is C21H25F6N5O6. The van der Waals surface area contributed by atoms with Crippen molar-refractivity contribution in [3.05, 3.63) is 36.0 Å². The van der Waals surface area contributed by atoms with Crippen molar-refractivity contribution < 1.29 is 55.4 Å². The van der Waals surface area contributed by atoms with Crippen molar-refractivity contribution in [3.63, 3.8) is 0 Å². The number of likely N-dealkylation sites (tertiary alicyclic amines) is 1. The number of ether oxygens (including phenoxy) is 1. The van der Waals surface area contributed by atoms with E-state index in [0.717, 1.165) is 50.7 Å². The number of halogens is 6. The molecule has 2 saturated heterocycles. The largest absolute Gasteiger partial charge is 0.490 e. The number of carboxylic acid groups (broad SMARTS) is 2. The molecule has 38 heavy (non-hydrogen) atoms. The number of rotatable bonds is 5. The molecule has 3 N–H and O–H groups in total. The lowest BCUT2D eigenvalue weighted by Gasteiger charge is -2.52. The summed E-state index contributed by atoms with van der Waals surface area (Å²) in [6, 6.07) is 3.82. The van der Waals surface area contributed by atoms with E-state index in [-0.39, 0.29) is 5.60 Å². The Kier molecular flexibility index (Phi) is 10.4. The highest BCUT2D eigenvalue weighted by atomic mass is 19.4. The van der Waals surface area contributed by atoms with Crippen molar-refractivity contribution in [2.24, 2.45) is 5.92 Å². The maximum absolute atomic E-state index is 10.6. The van der Waals surface area contributed by atoms with Gasteiger partial charge in [0, 0.05) is 44.6 Å². The van der Waals surface area contributed by atoms with Gasteiger partial charge in [-0.3, -0.25) is 4.90 Å². The van der Waals surface area contributed by atoms with Crippen LogP contribution in [0, 0.1) is 12.8 Å². The molecule has 1 unspecified atom stereocenters. The summed E-state index contributed by atoms with van der Waals surface area (Å²) in [5.41, 5.74) is 1.06. The summed E-state index contributed by atoms with van der Waals surface area (Å²) >= 11 is 0. The maximum Gasteiger partial charge on any atom is 0.490 e. The highest BCUT2D eigenvalue weighted by Gasteiger charge is 2.46. The van der Waals surface area contributed by atoms with Crippen LogP contribution in [-0.2, 0) is 20.9 Å². The molecule has 212 valence electrons. The Morgan fingerprint density at radius 3 is 2.08 bits per heavy atom. The van der Waals surface area contributed by atoms with Gasteiger partial charge in [-0.15, -0.1) is 0 Å². The second-order valence-corrected chi connectivity index (χ2v) is 8.53. The van der Waals surface area contributed by atoms with Crippen molar-refractivity contribution in [2.45, 2.75) is 44.3 Å². The Hall–Kier alpha value is -3.47. The molecule has 2 aliphatic heterocycles. The van der Waals surface area contributed by atoms with E-state index in [4.69, 9.17) is 29.1 Å². The van der Waals surface area contributed by atoms with E-state index in [1.807, 2.05) is 19.1 Å². The minimum atomic E-state index is -5.08. The van der Waals surface area contributed by atoms with Crippen LogP contribution in [0.25, 0.3) is 0 Å². The molecule has 2 aromatic heterocycles. The molecule has 0 aliphatic carbocycles. The molecule has 4 rings (SSSR count). The molecule has 0 amide bonds. The summed E-state index contributed by atoms with van der Waals surface area (Å²) in [6.45, 7) is 6.41. The molecule has 17 heteroatoms. The van der Waals surface area contributed by atoms with Gasteiger partial charge in [-0.2, -0.15) is 26.3 Å². The van der Waals surface area contributed by atoms with Gasteiger partial charge in [-0.25, -0.2) is 19.6 Å². The third kappa shape index (κ3) is 10.1. The lowest BCUT2D eigenvalue weighted by molar-refractivity contribution is -0.193. The molecule has 1 atom stereocenters. The Labute approximate surface area is 211 Å². The smallest absolute Gasteiger partial charge is 0.475 e. The Bertz CT molecular complexity index is 1010. The monoisotopic (exact) mass is 557 g/mol. The van der Waals surface area contributed by atoms with Gasteiger partial charge in [0.2, 0.25) is 5.95 Å². The molecule has 0 saturated carbocycles. The number of carboxylic acids is 2. The molecular weight excluding hydrogens is 532 g/mol. The number of hydrogen-bond donors (Lipinski definition) is 3. The molecule has 1 spiro atoms. The quantitative estimate of drug-likeness (QED) is 0.465. The SMILES string of the molecule is Cc1cc(CN2CC3(CCC(CNc4ncccn4)CO3)C2)no1.O=C(O)C(F)(F)F.O=C(O)C(F)(F)F. The summed E-state index contributed by atoms with van der Waals surface area (Å²) in [7, 11) is 0. The molecule has 2 fully saturated rings. The number of aliphatic carboxylic acids is 2. The minimum absolute atomic E-state index is 0.0541. The predicted octanol–water partition coefficient (Wildman–Crippen LogP) is 3.13. The third-order valence-corrected chi connectivity index (χ3v) is 5.32. The number of nitrogens with one attached hydrogen (secondary N) is 1. The average Bonchev–Trinajstić information content (AvgIpc) is 3.22. The number of alkyl halides is 6. The number of aromatic nitrogens is 3. The Balaban J connectivity index is 0.000000301. The van der Waals surface area contributed by atoms with Crippen LogP contribution in [0.3, 0.4) is 0 Å². The van der Waals surface area contributed by atoms with Crippen LogP contribution in [0.2, 0.25) is 0 Å². The van der Waals surface area contributed by atoms with Gasteiger partial charge < -0.3 is 24.8 Å². The van der Waals surface area contributed by atoms with Crippen molar-refractivity contribution in [1.29, 1.82) is 0 Å². The highest BCUT2D eigenvalue weighted by Crippen LogP contribution is 2.36. The van der Waals surface area contributed by atoms with E-state index in [1.165, 1.54) is 6.42 Å². The van der Waals surface area contributed by atoms with Crippen LogP contribution in [-0.4, -0.2) is 86.4 Å². The second-order valence-electron chi connectivity index (χ2n) is 8.53. The molecule has 4 heterocycles. The Morgan fingerprint density at radius 2 is 1.66 bits per heavy atom. The fourth-order valence-corrected chi connectivity index (χ4v) is 3.56. The normalized spacial score (nSPS) is 18.8. The lowest BCUT2D eigenvalue weighted by atomic mass is 9.83. The molecule has 2 aliphatic rings. The first kappa shape index (κ1) is 30.8. The van der Waals surface area contributed by atoms with E-state index < -0.39 is 24.3 Å². The standard InChI is InChI=1S/C17H23N5O2.2C2HF3O2/c1-13-7-15(21-24-13)9-22-11-17(12-22)4-3-14(10-23-17)8-20-16-18-5-2-6-19-16;2*3-2(4,5)1(6)7/h2,5-7,14H,3-4,8-12H2,1H3,(H,18,19,20);2*(H,6,7). The number of carbonyl (C=O) groups is 2. The van der Waals surface area contributed by atoms with Crippen LogP contribution in [0.4, 0.5) is 32.3 Å². The maximum atomic E-state index is 10.6. The van der Waals surface area contributed by atoms with Gasteiger partial charge in [0.1, 0.15) is 5.76 Å². The highest BCUT2D eigenvalue weighted by molar-refractivity contribution is 5.73. The molecule has 11 nitrogen and oxygen atoms in total. The van der Waals surface area contributed by atoms with Crippen LogP contribution in [0.15, 0.2) is 29.0 Å². The summed E-state index contributed by atoms with van der Waals surface area (Å²) < 4.78 is 74.8. The first-order valence-electron chi connectivity index (χ1n) is 11.0. The van der Waals surface area contributed by atoms with E-state index in [2.05, 4.69) is 25.3 Å². The summed E-state index contributed by atoms with van der Waals surface area (Å²) in [4.78, 5) is 28.5. The van der Waals surface area contributed by atoms with Crippen LogP contribution in [0.1, 0.15) is 24.3 Å². The zero-order valence-corrected chi connectivity index (χ0v) is 19.9. The van der Waals surface area contributed by atoms with E-state index in [9.17, 15) is 26.3 Å². The van der Waals surface area contributed by atoms with Gasteiger partial charge in [0.05, 0.1) is 17.9 Å². The first-order valence-corrected chi connectivity index (χ1v) is 11.0. The van der Waals surface area contributed by atoms with E-state index in [0.29, 0.717) is 11.9 Å². The zero-order valence-electron chi connectivity index (χ0n) is 19.9. The number of aryl methyl sites for hydroxylation is 1. The number of anilines is 1. The Morgan fingerprint density at radius 1 is 1.11 bits per heavy atom. The minimum Gasteiger partial charge on any atom is -0.475 e. The average molecular weight is 557 g/mol. The van der Waals surface area contributed by atoms with Crippen molar-refractivity contribution in [2.75, 3.05) is 31.6 Å². The fraction of sp³-hybridized carbons (Fsp3) is 0.571. The van der Waals surface area contributed by atoms with Crippen LogP contribution in [0.5, 0.6) is 0 Å². The fourth-order valence-electron chi connectivity index (χ4n) is 3.56. The lowest BCUT2D eigenvalue weighted by Crippen LogP contribution is -2.64. The van der Waals surface area contributed by atoms with Crippen molar-refractivity contribution >= 4 is 17.9 Å². The number of nitrogens with zero attached hydrogens (tertiary/aromatic N) is 4. The van der Waals surface area contributed by atoms with Gasteiger partial charge in [-0.05, 0) is 31.7 Å². The summed E-state index contributed by atoms with van der Waals surface area (Å²) in [6.07, 6.45) is -4.37. The van der Waals surface area contributed by atoms with Crippen LogP contribution < -0.4 is 5.32 Å². The predicted molar refractivity (Wildman–Crippen MR) is 116 cm³/mol. The van der Waals surface area contributed by atoms with Crippen molar-refractivity contribution in [1.82, 2.24) is 20.0 Å². The van der Waals surface area contributed by atoms with Crippen molar-refractivity contribution in [3.8, 4) is 0 Å². The number of hydrogen-bond acceptors (Lipinski definition) is 9. The molecule has 0 bridgehead atoms.